The summed E-state index contributed by atoms with van der Waals surface area (Å²) in [6.45, 7) is 3.77. The van der Waals surface area contributed by atoms with Crippen LogP contribution in [0.4, 0.5) is 0 Å². The van der Waals surface area contributed by atoms with E-state index in [2.05, 4.69) is 76.1 Å². The molecule has 0 radical (unpaired) electrons. The molecule has 0 atom stereocenters. The Morgan fingerprint density at radius 2 is 0.957 bits per heavy atom. The van der Waals surface area contributed by atoms with Gasteiger partial charge < -0.3 is 15.0 Å². The fourth-order valence-electron chi connectivity index (χ4n) is 4.47. The van der Waals surface area contributed by atoms with E-state index in [1.54, 1.807) is 18.6 Å². The third kappa shape index (κ3) is 10.1. The number of rotatable bonds is 6. The van der Waals surface area contributed by atoms with E-state index in [1.165, 1.54) is 16.7 Å². The van der Waals surface area contributed by atoms with Gasteiger partial charge in [0.15, 0.2) is 0 Å². The molecule has 0 spiro atoms. The molecule has 0 unspecified atom stereocenters. The maximum Gasteiger partial charge on any atom is 3.00 e. The van der Waals surface area contributed by atoms with Gasteiger partial charge in [0.25, 0.3) is 0 Å². The summed E-state index contributed by atoms with van der Waals surface area (Å²) in [5, 5.41) is 0. The Bertz CT molecular complexity index is 1700. The summed E-state index contributed by atoms with van der Waals surface area (Å²) in [7, 11) is 0. The van der Waals surface area contributed by atoms with Crippen LogP contribution in [-0.4, -0.2) is 15.0 Å². The third-order valence-electron chi connectivity index (χ3n) is 6.71. The first kappa shape index (κ1) is 33.6. The zero-order valence-corrected chi connectivity index (χ0v) is 27.7. The van der Waals surface area contributed by atoms with Crippen LogP contribution in [0.5, 0.6) is 0 Å². The number of hydrogen-bond donors (Lipinski definition) is 0. The molecule has 4 heteroatoms. The molecular formula is C42H32IrN3. The molecule has 3 aromatic heterocycles. The van der Waals surface area contributed by atoms with Crippen molar-refractivity contribution in [3.63, 3.8) is 0 Å². The summed E-state index contributed by atoms with van der Waals surface area (Å²) in [6.07, 6.45) is 8.21. The molecule has 7 aromatic rings. The number of hydrogen-bond acceptors (Lipinski definition) is 3. The van der Waals surface area contributed by atoms with Gasteiger partial charge >= 0.3 is 20.1 Å². The predicted octanol–water partition coefficient (Wildman–Crippen LogP) is 10.0. The van der Waals surface area contributed by atoms with E-state index in [0.717, 1.165) is 40.2 Å². The molecule has 0 amide bonds. The van der Waals surface area contributed by atoms with Gasteiger partial charge in [-0.3, -0.25) is 0 Å². The first-order chi connectivity index (χ1) is 22.3. The molecule has 0 aliphatic rings. The normalized spacial score (nSPS) is 9.74. The Morgan fingerprint density at radius 1 is 0.478 bits per heavy atom. The van der Waals surface area contributed by atoms with Gasteiger partial charge in [0, 0.05) is 18.6 Å². The molecule has 0 aliphatic carbocycles. The van der Waals surface area contributed by atoms with Crippen LogP contribution in [-0.2, 0) is 26.5 Å². The van der Waals surface area contributed by atoms with Crippen molar-refractivity contribution >= 4 is 0 Å². The van der Waals surface area contributed by atoms with Crippen molar-refractivity contribution in [1.29, 1.82) is 0 Å². The minimum absolute atomic E-state index is 0. The summed E-state index contributed by atoms with van der Waals surface area (Å²) < 4.78 is 0. The topological polar surface area (TPSA) is 38.7 Å². The van der Waals surface area contributed by atoms with Gasteiger partial charge in [-0.25, -0.2) is 0 Å². The minimum atomic E-state index is 0. The van der Waals surface area contributed by atoms with Crippen molar-refractivity contribution in [3.8, 4) is 44.9 Å². The smallest absolute Gasteiger partial charge is 0.305 e. The summed E-state index contributed by atoms with van der Waals surface area (Å²) in [5.41, 5.74) is 9.65. The second kappa shape index (κ2) is 18.5. The Hall–Kier alpha value is -5.28. The number of allylic oxidation sites excluding steroid dienone is 1. The fourth-order valence-corrected chi connectivity index (χ4v) is 4.47. The second-order valence-corrected chi connectivity index (χ2v) is 9.88. The summed E-state index contributed by atoms with van der Waals surface area (Å²) in [6, 6.07) is 57.6. The van der Waals surface area contributed by atoms with Crippen LogP contribution >= 0.6 is 0 Å². The van der Waals surface area contributed by atoms with E-state index in [-0.39, 0.29) is 20.1 Å². The Labute approximate surface area is 285 Å². The largest absolute Gasteiger partial charge is 3.00 e. The number of benzene rings is 4. The van der Waals surface area contributed by atoms with E-state index in [9.17, 15) is 0 Å². The summed E-state index contributed by atoms with van der Waals surface area (Å²) in [5.74, 6) is 0. The molecule has 3 nitrogen and oxygen atoms in total. The van der Waals surface area contributed by atoms with Gasteiger partial charge in [0.1, 0.15) is 0 Å². The van der Waals surface area contributed by atoms with Crippen LogP contribution in [0.2, 0.25) is 0 Å². The van der Waals surface area contributed by atoms with Crippen LogP contribution in [0.1, 0.15) is 5.56 Å². The minimum Gasteiger partial charge on any atom is -0.305 e. The van der Waals surface area contributed by atoms with E-state index < -0.39 is 0 Å². The number of nitrogens with zero attached hydrogens (tertiary/aromatic N) is 3. The monoisotopic (exact) mass is 771 g/mol. The maximum absolute atomic E-state index is 4.38. The van der Waals surface area contributed by atoms with Crippen LogP contribution in [0.15, 0.2) is 177 Å². The molecule has 0 N–H and O–H groups in total. The second-order valence-electron chi connectivity index (χ2n) is 9.88. The zero-order chi connectivity index (χ0) is 30.9. The molecule has 4 aromatic carbocycles. The van der Waals surface area contributed by atoms with E-state index in [0.29, 0.717) is 0 Å². The van der Waals surface area contributed by atoms with Crippen molar-refractivity contribution in [2.45, 2.75) is 6.42 Å². The quantitative estimate of drug-likeness (QED) is 0.125. The molecule has 0 saturated heterocycles. The Balaban J connectivity index is 0.000000165. The SMILES string of the molecule is C=CCc1ccc(-c2cc[c-]c(-c3ccccn3)c2)cc1.[Ir+3].[c-]1ccccc1-c1ccccn1.[c-]1ccccc1-c1ccccn1. The molecule has 46 heavy (non-hydrogen) atoms. The Morgan fingerprint density at radius 3 is 1.39 bits per heavy atom. The summed E-state index contributed by atoms with van der Waals surface area (Å²) >= 11 is 0. The van der Waals surface area contributed by atoms with Crippen molar-refractivity contribution in [2.75, 3.05) is 0 Å². The maximum atomic E-state index is 4.38. The van der Waals surface area contributed by atoms with Gasteiger partial charge in [-0.1, -0.05) is 66.7 Å². The molecule has 0 fully saturated rings. The molecular weight excluding hydrogens is 739 g/mol. The van der Waals surface area contributed by atoms with E-state index in [4.69, 9.17) is 0 Å². The van der Waals surface area contributed by atoms with Crippen molar-refractivity contribution in [1.82, 2.24) is 15.0 Å². The molecule has 0 saturated carbocycles. The van der Waals surface area contributed by atoms with Crippen molar-refractivity contribution < 1.29 is 20.1 Å². The molecule has 3 heterocycles. The first-order valence-electron chi connectivity index (χ1n) is 14.7. The van der Waals surface area contributed by atoms with Crippen LogP contribution < -0.4 is 0 Å². The Kier molecular flexibility index (Phi) is 13.5. The zero-order valence-electron chi connectivity index (χ0n) is 25.3. The molecule has 0 aliphatic heterocycles. The van der Waals surface area contributed by atoms with Gasteiger partial charge in [0.05, 0.1) is 0 Å². The predicted molar refractivity (Wildman–Crippen MR) is 185 cm³/mol. The van der Waals surface area contributed by atoms with Crippen molar-refractivity contribution in [2.24, 2.45) is 0 Å². The molecule has 7 rings (SSSR count). The molecule has 0 bridgehead atoms. The standard InChI is InChI=1S/C20H16N.2C11H8N.Ir/c1-2-6-16-10-12-17(13-11-16)18-7-5-8-19(15-18)20-9-3-4-14-21-20;2*1-2-6-10(7-3-1)11-8-4-5-9-12-11;/h2-5,7,9-15H,1,6H2;2*1-6,8-9H;/q3*-1;+3. The van der Waals surface area contributed by atoms with Gasteiger partial charge in [-0.15, -0.1) is 114 Å². The van der Waals surface area contributed by atoms with Crippen LogP contribution in [0.3, 0.4) is 0 Å². The van der Waals surface area contributed by atoms with E-state index in [1.807, 2.05) is 115 Å². The van der Waals surface area contributed by atoms with Crippen LogP contribution in [0.25, 0.3) is 44.9 Å². The van der Waals surface area contributed by atoms with Gasteiger partial charge in [0.2, 0.25) is 0 Å². The average Bonchev–Trinajstić information content (AvgIpc) is 3.15. The molecule has 224 valence electrons. The number of aromatic nitrogens is 3. The van der Waals surface area contributed by atoms with Gasteiger partial charge in [-0.2, -0.15) is 0 Å². The fraction of sp³-hybridized carbons (Fsp3) is 0.0238. The average molecular weight is 771 g/mol. The third-order valence-corrected chi connectivity index (χ3v) is 6.71. The number of pyridine rings is 3. The van der Waals surface area contributed by atoms with Crippen molar-refractivity contribution in [3.05, 3.63) is 201 Å². The van der Waals surface area contributed by atoms with Gasteiger partial charge in [-0.05, 0) is 52.8 Å². The van der Waals surface area contributed by atoms with E-state index >= 15 is 0 Å². The summed E-state index contributed by atoms with van der Waals surface area (Å²) in [4.78, 5) is 12.8. The van der Waals surface area contributed by atoms with Crippen LogP contribution in [0, 0.1) is 18.2 Å². The first-order valence-corrected chi connectivity index (χ1v) is 14.7.